The van der Waals surface area contributed by atoms with Crippen LogP contribution in [0.3, 0.4) is 0 Å². The van der Waals surface area contributed by atoms with E-state index in [9.17, 15) is 8.78 Å². The summed E-state index contributed by atoms with van der Waals surface area (Å²) in [7, 11) is 1.67. The average molecular weight is 346 g/mol. The molecule has 3 fully saturated rings. The molecule has 0 radical (unpaired) electrons. The Kier molecular flexibility index (Phi) is 4.35. The minimum atomic E-state index is -0.637. The van der Waals surface area contributed by atoms with Crippen molar-refractivity contribution in [2.45, 2.75) is 31.6 Å². The maximum atomic E-state index is 13.8. The summed E-state index contributed by atoms with van der Waals surface area (Å²) in [6, 6.07) is 3.54. The predicted octanol–water partition coefficient (Wildman–Crippen LogP) is 2.22. The van der Waals surface area contributed by atoms with Crippen molar-refractivity contribution in [2.75, 3.05) is 20.2 Å². The number of hydrogen-bond acceptors (Lipinski definition) is 5. The van der Waals surface area contributed by atoms with Gasteiger partial charge in [0.25, 0.3) is 0 Å². The van der Waals surface area contributed by atoms with Gasteiger partial charge in [0.15, 0.2) is 0 Å². The smallest absolute Gasteiger partial charge is 0.148 e. The molecule has 132 valence electrons. The van der Waals surface area contributed by atoms with Crippen molar-refractivity contribution in [2.24, 2.45) is 0 Å². The molecule has 2 aromatic rings. The number of methoxy groups -OCH3 is 1. The zero-order chi connectivity index (χ0) is 17.4. The molecule has 0 saturated carbocycles. The largest absolute Gasteiger partial charge is 0.496 e. The minimum Gasteiger partial charge on any atom is -0.496 e. The fourth-order valence-corrected chi connectivity index (χ4v) is 3.87. The van der Waals surface area contributed by atoms with E-state index in [0.29, 0.717) is 24.3 Å². The molecule has 2 atom stereocenters. The van der Waals surface area contributed by atoms with Gasteiger partial charge < -0.3 is 4.74 Å². The molecule has 3 aliphatic heterocycles. The summed E-state index contributed by atoms with van der Waals surface area (Å²) in [5.74, 6) is -0.354. The van der Waals surface area contributed by atoms with Crippen LogP contribution in [0.2, 0.25) is 0 Å². The van der Waals surface area contributed by atoms with Crippen LogP contribution < -0.4 is 4.74 Å². The lowest BCUT2D eigenvalue weighted by Gasteiger charge is -2.56. The molecule has 3 aliphatic rings. The third-order valence-corrected chi connectivity index (χ3v) is 5.11. The van der Waals surface area contributed by atoms with Gasteiger partial charge in [0.2, 0.25) is 0 Å². The van der Waals surface area contributed by atoms with E-state index in [0.717, 1.165) is 49.6 Å². The topological polar surface area (TPSA) is 41.5 Å². The standard InChI is InChI=1S/C18H20F2N4O/c1-25-18-2-3-21-6-12(18)8-23-9-14-5-15(10-23)24(14)11-17-16(20)4-13(19)7-22-17/h2-4,6-7,14-15H,5,8-11H2,1H3. The predicted molar refractivity (Wildman–Crippen MR) is 88.0 cm³/mol. The first-order chi connectivity index (χ1) is 12.1. The number of halogens is 2. The Bertz CT molecular complexity index is 760. The van der Waals surface area contributed by atoms with E-state index < -0.39 is 11.6 Å². The lowest BCUT2D eigenvalue weighted by molar-refractivity contribution is -0.0787. The van der Waals surface area contributed by atoms with Crippen molar-refractivity contribution in [3.05, 3.63) is 53.6 Å². The first-order valence-corrected chi connectivity index (χ1v) is 8.39. The van der Waals surface area contributed by atoms with E-state index in [4.69, 9.17) is 4.74 Å². The second-order valence-corrected chi connectivity index (χ2v) is 6.68. The highest BCUT2D eigenvalue weighted by Crippen LogP contribution is 2.35. The fraction of sp³-hybridized carbons (Fsp3) is 0.444. The number of pyridine rings is 2. The SMILES string of the molecule is COc1ccncc1CN1CC2CC(C1)N2Cc1ncc(F)cc1F. The van der Waals surface area contributed by atoms with Gasteiger partial charge in [-0.25, -0.2) is 8.78 Å². The van der Waals surface area contributed by atoms with Gasteiger partial charge in [-0.2, -0.15) is 0 Å². The van der Waals surface area contributed by atoms with Crippen molar-refractivity contribution in [1.29, 1.82) is 0 Å². The number of piperidine rings is 1. The van der Waals surface area contributed by atoms with Gasteiger partial charge in [-0.15, -0.1) is 0 Å². The molecule has 2 bridgehead atoms. The third-order valence-electron chi connectivity index (χ3n) is 5.11. The highest BCUT2D eigenvalue weighted by atomic mass is 19.1. The number of hydrogen-bond donors (Lipinski definition) is 0. The summed E-state index contributed by atoms with van der Waals surface area (Å²) in [5, 5.41) is 0. The Morgan fingerprint density at radius 2 is 2.00 bits per heavy atom. The maximum absolute atomic E-state index is 13.8. The Labute approximate surface area is 145 Å². The zero-order valence-corrected chi connectivity index (χ0v) is 14.0. The van der Waals surface area contributed by atoms with Gasteiger partial charge in [-0.1, -0.05) is 0 Å². The molecular formula is C18H20F2N4O. The number of ether oxygens (including phenoxy) is 1. The molecule has 5 rings (SSSR count). The van der Waals surface area contributed by atoms with Crippen LogP contribution in [-0.4, -0.2) is 52.1 Å². The summed E-state index contributed by atoms with van der Waals surface area (Å²) in [6.07, 6.45) is 5.76. The Morgan fingerprint density at radius 3 is 2.72 bits per heavy atom. The van der Waals surface area contributed by atoms with Crippen LogP contribution in [0, 0.1) is 11.6 Å². The monoisotopic (exact) mass is 346 g/mol. The molecule has 5 nitrogen and oxygen atoms in total. The summed E-state index contributed by atoms with van der Waals surface area (Å²) in [4.78, 5) is 12.7. The van der Waals surface area contributed by atoms with Crippen molar-refractivity contribution >= 4 is 0 Å². The minimum absolute atomic E-state index is 0.318. The summed E-state index contributed by atoms with van der Waals surface area (Å²) in [5.41, 5.74) is 1.39. The molecule has 2 unspecified atom stereocenters. The molecule has 3 saturated heterocycles. The Morgan fingerprint density at radius 1 is 1.20 bits per heavy atom. The van der Waals surface area contributed by atoms with Gasteiger partial charge in [-0.3, -0.25) is 19.8 Å². The lowest BCUT2D eigenvalue weighted by atomic mass is 9.87. The molecule has 25 heavy (non-hydrogen) atoms. The number of fused-ring (bicyclic) bond motifs is 2. The van der Waals surface area contributed by atoms with Crippen LogP contribution in [0.5, 0.6) is 5.75 Å². The van der Waals surface area contributed by atoms with Crippen molar-refractivity contribution in [3.63, 3.8) is 0 Å². The Hall–Kier alpha value is -2.12. The summed E-state index contributed by atoms with van der Waals surface area (Å²) < 4.78 is 32.2. The number of rotatable bonds is 5. The molecule has 0 aromatic carbocycles. The van der Waals surface area contributed by atoms with Crippen LogP contribution in [0.15, 0.2) is 30.7 Å². The first kappa shape index (κ1) is 16.4. The van der Waals surface area contributed by atoms with Crippen LogP contribution in [0.4, 0.5) is 8.78 Å². The fourth-order valence-electron chi connectivity index (χ4n) is 3.87. The molecule has 0 amide bonds. The second kappa shape index (κ2) is 6.65. The average Bonchev–Trinajstić information content (AvgIpc) is 2.61. The molecule has 0 spiro atoms. The van der Waals surface area contributed by atoms with E-state index in [2.05, 4.69) is 19.8 Å². The van der Waals surface area contributed by atoms with E-state index in [1.54, 1.807) is 13.3 Å². The molecule has 0 aliphatic carbocycles. The normalized spacial score (nSPS) is 23.3. The summed E-state index contributed by atoms with van der Waals surface area (Å²) >= 11 is 0. The van der Waals surface area contributed by atoms with Gasteiger partial charge in [0, 0.05) is 62.3 Å². The molecule has 5 heterocycles. The van der Waals surface area contributed by atoms with Gasteiger partial charge in [-0.05, 0) is 12.5 Å². The van der Waals surface area contributed by atoms with E-state index in [-0.39, 0.29) is 0 Å². The van der Waals surface area contributed by atoms with Crippen molar-refractivity contribution in [3.8, 4) is 5.75 Å². The summed E-state index contributed by atoms with van der Waals surface area (Å²) in [6.45, 7) is 3.06. The Balaban J connectivity index is 1.39. The van der Waals surface area contributed by atoms with Crippen molar-refractivity contribution < 1.29 is 13.5 Å². The van der Waals surface area contributed by atoms with Gasteiger partial charge in [0.1, 0.15) is 17.4 Å². The van der Waals surface area contributed by atoms with E-state index in [1.165, 1.54) is 0 Å². The van der Waals surface area contributed by atoms with Crippen LogP contribution in [0.1, 0.15) is 17.7 Å². The maximum Gasteiger partial charge on any atom is 0.148 e. The molecular weight excluding hydrogens is 326 g/mol. The van der Waals surface area contributed by atoms with Crippen LogP contribution in [-0.2, 0) is 13.1 Å². The van der Waals surface area contributed by atoms with Crippen molar-refractivity contribution in [1.82, 2.24) is 19.8 Å². The lowest BCUT2D eigenvalue weighted by Crippen LogP contribution is -2.67. The zero-order valence-electron chi connectivity index (χ0n) is 14.0. The third kappa shape index (κ3) is 3.21. The quantitative estimate of drug-likeness (QED) is 0.830. The first-order valence-electron chi connectivity index (χ1n) is 8.39. The second-order valence-electron chi connectivity index (χ2n) is 6.68. The molecule has 2 aromatic heterocycles. The van der Waals surface area contributed by atoms with E-state index >= 15 is 0 Å². The van der Waals surface area contributed by atoms with E-state index in [1.807, 2.05) is 12.3 Å². The van der Waals surface area contributed by atoms with Gasteiger partial charge in [0.05, 0.1) is 19.0 Å². The number of nitrogens with zero attached hydrogens (tertiary/aromatic N) is 4. The van der Waals surface area contributed by atoms with Crippen LogP contribution >= 0.6 is 0 Å². The molecule has 7 heteroatoms. The highest BCUT2D eigenvalue weighted by Gasteiger charge is 2.44. The highest BCUT2D eigenvalue weighted by molar-refractivity contribution is 5.30. The number of piperazine rings is 1. The van der Waals surface area contributed by atoms with Crippen LogP contribution in [0.25, 0.3) is 0 Å². The molecule has 0 N–H and O–H groups in total. The number of aromatic nitrogens is 2. The van der Waals surface area contributed by atoms with Gasteiger partial charge >= 0.3 is 0 Å².